The minimum absolute atomic E-state index is 0.140. The molecule has 0 aliphatic carbocycles. The van der Waals surface area contributed by atoms with Crippen LogP contribution in [0.25, 0.3) is 0 Å². The second kappa shape index (κ2) is 5.75. The Bertz CT molecular complexity index is 326. The molecule has 0 aliphatic rings. The summed E-state index contributed by atoms with van der Waals surface area (Å²) in [6.45, 7) is 5.83. The van der Waals surface area contributed by atoms with Crippen molar-refractivity contribution in [2.45, 2.75) is 26.8 Å². The normalized spacial score (nSPS) is 12.5. The molecule has 1 atom stereocenters. The standard InChI is InChI=1S/C9H16N4OS/c1-4-15-5-6(2)10-9(14)8-11-7(3)12-13-8/h6H,4-5H2,1-3H3,(H,10,14)(H,11,12,13). The van der Waals surface area contributed by atoms with E-state index < -0.39 is 0 Å². The molecule has 0 radical (unpaired) electrons. The fourth-order valence-electron chi connectivity index (χ4n) is 1.07. The van der Waals surface area contributed by atoms with Gasteiger partial charge in [0.05, 0.1) is 0 Å². The van der Waals surface area contributed by atoms with Gasteiger partial charge in [0.2, 0.25) is 5.82 Å². The van der Waals surface area contributed by atoms with Crippen LogP contribution in [0.4, 0.5) is 0 Å². The van der Waals surface area contributed by atoms with Gasteiger partial charge in [0.15, 0.2) is 0 Å². The van der Waals surface area contributed by atoms with Crippen molar-refractivity contribution in [1.29, 1.82) is 0 Å². The predicted octanol–water partition coefficient (Wildman–Crippen LogP) is 0.985. The lowest BCUT2D eigenvalue weighted by Gasteiger charge is -2.10. The third-order valence-electron chi connectivity index (χ3n) is 1.75. The lowest BCUT2D eigenvalue weighted by Crippen LogP contribution is -2.35. The second-order valence-electron chi connectivity index (χ2n) is 3.28. The van der Waals surface area contributed by atoms with E-state index in [1.54, 1.807) is 18.7 Å². The maximum absolute atomic E-state index is 11.6. The van der Waals surface area contributed by atoms with E-state index in [1.165, 1.54) is 0 Å². The van der Waals surface area contributed by atoms with Crippen LogP contribution in [-0.2, 0) is 0 Å². The van der Waals surface area contributed by atoms with Crippen LogP contribution in [0.15, 0.2) is 0 Å². The summed E-state index contributed by atoms with van der Waals surface area (Å²) in [5, 5.41) is 9.27. The number of nitrogens with one attached hydrogen (secondary N) is 2. The number of nitrogens with zero attached hydrogens (tertiary/aromatic N) is 2. The van der Waals surface area contributed by atoms with Crippen LogP contribution < -0.4 is 5.32 Å². The highest BCUT2D eigenvalue weighted by Gasteiger charge is 2.13. The molecule has 1 aromatic rings. The van der Waals surface area contributed by atoms with Gasteiger partial charge in [-0.25, -0.2) is 4.98 Å². The van der Waals surface area contributed by atoms with Crippen LogP contribution in [0, 0.1) is 6.92 Å². The molecule has 0 fully saturated rings. The highest BCUT2D eigenvalue weighted by molar-refractivity contribution is 7.99. The molecule has 0 bridgehead atoms. The molecule has 1 amide bonds. The molecule has 1 heterocycles. The van der Waals surface area contributed by atoms with Gasteiger partial charge < -0.3 is 5.32 Å². The van der Waals surface area contributed by atoms with E-state index in [1.807, 2.05) is 6.92 Å². The molecule has 5 nitrogen and oxygen atoms in total. The second-order valence-corrected chi connectivity index (χ2v) is 4.60. The minimum atomic E-state index is -0.219. The number of aromatic nitrogens is 3. The van der Waals surface area contributed by atoms with Gasteiger partial charge in [-0.3, -0.25) is 9.89 Å². The van der Waals surface area contributed by atoms with Gasteiger partial charge in [0, 0.05) is 11.8 Å². The Morgan fingerprint density at radius 2 is 2.40 bits per heavy atom. The number of carbonyl (C=O) groups is 1. The van der Waals surface area contributed by atoms with Gasteiger partial charge in [-0.1, -0.05) is 6.92 Å². The van der Waals surface area contributed by atoms with Gasteiger partial charge in [-0.05, 0) is 19.6 Å². The molecule has 6 heteroatoms. The quantitative estimate of drug-likeness (QED) is 0.788. The number of amides is 1. The highest BCUT2D eigenvalue weighted by Crippen LogP contribution is 2.01. The SMILES string of the molecule is CCSCC(C)NC(=O)c1n[nH]c(C)n1. The van der Waals surface area contributed by atoms with Crippen molar-refractivity contribution in [2.75, 3.05) is 11.5 Å². The maximum Gasteiger partial charge on any atom is 0.291 e. The summed E-state index contributed by atoms with van der Waals surface area (Å²) in [6, 6.07) is 0.140. The number of aromatic amines is 1. The molecule has 2 N–H and O–H groups in total. The van der Waals surface area contributed by atoms with E-state index in [9.17, 15) is 4.79 Å². The van der Waals surface area contributed by atoms with Gasteiger partial charge in [0.1, 0.15) is 5.82 Å². The first kappa shape index (κ1) is 12.0. The Kier molecular flexibility index (Phi) is 4.61. The number of rotatable bonds is 5. The van der Waals surface area contributed by atoms with E-state index in [-0.39, 0.29) is 17.8 Å². The zero-order valence-electron chi connectivity index (χ0n) is 9.20. The Balaban J connectivity index is 2.42. The Hall–Kier alpha value is -1.04. The fraction of sp³-hybridized carbons (Fsp3) is 0.667. The van der Waals surface area contributed by atoms with Crippen molar-refractivity contribution in [3.05, 3.63) is 11.6 Å². The zero-order valence-corrected chi connectivity index (χ0v) is 10.0. The number of H-pyrrole nitrogens is 1. The first-order valence-corrected chi connectivity index (χ1v) is 6.06. The summed E-state index contributed by atoms with van der Waals surface area (Å²) in [4.78, 5) is 15.5. The van der Waals surface area contributed by atoms with Crippen molar-refractivity contribution in [1.82, 2.24) is 20.5 Å². The van der Waals surface area contributed by atoms with E-state index in [0.29, 0.717) is 5.82 Å². The average Bonchev–Trinajstić information content (AvgIpc) is 2.61. The summed E-state index contributed by atoms with van der Waals surface area (Å²) in [5.41, 5.74) is 0. The Morgan fingerprint density at radius 1 is 1.67 bits per heavy atom. The van der Waals surface area contributed by atoms with Crippen molar-refractivity contribution < 1.29 is 4.79 Å². The topological polar surface area (TPSA) is 70.7 Å². The van der Waals surface area contributed by atoms with Crippen LogP contribution in [0.5, 0.6) is 0 Å². The van der Waals surface area contributed by atoms with Crippen LogP contribution in [-0.4, -0.2) is 38.6 Å². The molecular weight excluding hydrogens is 212 g/mol. The first-order valence-electron chi connectivity index (χ1n) is 4.91. The largest absolute Gasteiger partial charge is 0.346 e. The summed E-state index contributed by atoms with van der Waals surface area (Å²) >= 11 is 1.80. The van der Waals surface area contributed by atoms with Crippen molar-refractivity contribution >= 4 is 17.7 Å². The number of hydrogen-bond acceptors (Lipinski definition) is 4. The van der Waals surface area contributed by atoms with Gasteiger partial charge in [-0.15, -0.1) is 5.10 Å². The summed E-state index contributed by atoms with van der Waals surface area (Å²) in [7, 11) is 0. The zero-order chi connectivity index (χ0) is 11.3. The summed E-state index contributed by atoms with van der Waals surface area (Å²) < 4.78 is 0. The molecule has 0 spiro atoms. The van der Waals surface area contributed by atoms with Crippen LogP contribution >= 0.6 is 11.8 Å². The molecule has 0 aliphatic heterocycles. The van der Waals surface area contributed by atoms with E-state index >= 15 is 0 Å². The van der Waals surface area contributed by atoms with Gasteiger partial charge in [0.25, 0.3) is 5.91 Å². The Labute approximate surface area is 93.4 Å². The smallest absolute Gasteiger partial charge is 0.291 e. The number of aryl methyl sites for hydroxylation is 1. The van der Waals surface area contributed by atoms with Gasteiger partial charge in [-0.2, -0.15) is 11.8 Å². The number of carbonyl (C=O) groups excluding carboxylic acids is 1. The third-order valence-corrected chi connectivity index (χ3v) is 2.89. The highest BCUT2D eigenvalue weighted by atomic mass is 32.2. The molecule has 0 saturated heterocycles. The van der Waals surface area contributed by atoms with Crippen molar-refractivity contribution in [3.63, 3.8) is 0 Å². The van der Waals surface area contributed by atoms with Crippen molar-refractivity contribution in [3.8, 4) is 0 Å². The monoisotopic (exact) mass is 228 g/mol. The summed E-state index contributed by atoms with van der Waals surface area (Å²) in [6.07, 6.45) is 0. The van der Waals surface area contributed by atoms with Crippen LogP contribution in [0.3, 0.4) is 0 Å². The summed E-state index contributed by atoms with van der Waals surface area (Å²) in [5.74, 6) is 2.60. The molecule has 1 rings (SSSR count). The first-order chi connectivity index (χ1) is 7.13. The maximum atomic E-state index is 11.6. The third kappa shape index (κ3) is 3.91. The fourth-order valence-corrected chi connectivity index (χ4v) is 1.74. The average molecular weight is 228 g/mol. The Morgan fingerprint density at radius 3 is 2.93 bits per heavy atom. The van der Waals surface area contributed by atoms with E-state index in [0.717, 1.165) is 11.5 Å². The lowest BCUT2D eigenvalue weighted by atomic mass is 10.4. The molecule has 0 saturated carbocycles. The molecular formula is C9H16N4OS. The van der Waals surface area contributed by atoms with Crippen LogP contribution in [0.1, 0.15) is 30.3 Å². The minimum Gasteiger partial charge on any atom is -0.346 e. The molecule has 0 aromatic carbocycles. The number of hydrogen-bond donors (Lipinski definition) is 2. The van der Waals surface area contributed by atoms with Gasteiger partial charge >= 0.3 is 0 Å². The van der Waals surface area contributed by atoms with E-state index in [2.05, 4.69) is 27.4 Å². The molecule has 84 valence electrons. The lowest BCUT2D eigenvalue weighted by molar-refractivity contribution is 0.0933. The molecule has 1 unspecified atom stereocenters. The van der Waals surface area contributed by atoms with E-state index in [4.69, 9.17) is 0 Å². The molecule has 15 heavy (non-hydrogen) atoms. The van der Waals surface area contributed by atoms with Crippen molar-refractivity contribution in [2.24, 2.45) is 0 Å². The van der Waals surface area contributed by atoms with Crippen LogP contribution in [0.2, 0.25) is 0 Å². The number of thioether (sulfide) groups is 1. The molecule has 1 aromatic heterocycles. The predicted molar refractivity (Wildman–Crippen MR) is 61.0 cm³/mol.